The fourth-order valence-corrected chi connectivity index (χ4v) is 2.87. The molecule has 0 saturated carbocycles. The molecule has 0 aliphatic heterocycles. The average molecular weight is 263 g/mol. The Balaban J connectivity index is 1.90. The second-order valence-corrected chi connectivity index (χ2v) is 5.16. The van der Waals surface area contributed by atoms with Crippen LogP contribution in [0, 0.1) is 0 Å². The van der Waals surface area contributed by atoms with Crippen molar-refractivity contribution in [2.24, 2.45) is 0 Å². The van der Waals surface area contributed by atoms with Gasteiger partial charge in [-0.3, -0.25) is 0 Å². The van der Waals surface area contributed by atoms with Crippen LogP contribution in [0.1, 0.15) is 20.3 Å². The van der Waals surface area contributed by atoms with Crippen molar-refractivity contribution in [1.82, 2.24) is 9.27 Å². The third kappa shape index (κ3) is 3.21. The molecule has 1 heterocycles. The van der Waals surface area contributed by atoms with E-state index >= 15 is 0 Å². The van der Waals surface area contributed by atoms with E-state index in [2.05, 4.69) is 46.6 Å². The van der Waals surface area contributed by atoms with Crippen molar-refractivity contribution >= 4 is 27.4 Å². The van der Waals surface area contributed by atoms with Crippen molar-refractivity contribution < 1.29 is 0 Å². The first kappa shape index (κ1) is 13.3. The second-order valence-electron chi connectivity index (χ2n) is 4.39. The van der Waals surface area contributed by atoms with Gasteiger partial charge in [0, 0.05) is 18.5 Å². The van der Waals surface area contributed by atoms with E-state index in [-0.39, 0.29) is 0 Å². The van der Waals surface area contributed by atoms with Crippen LogP contribution in [0.4, 0.5) is 5.00 Å². The van der Waals surface area contributed by atoms with Crippen molar-refractivity contribution in [2.75, 3.05) is 31.5 Å². The van der Waals surface area contributed by atoms with Crippen LogP contribution in [0.3, 0.4) is 0 Å². The topological polar surface area (TPSA) is 28.2 Å². The first-order valence-corrected chi connectivity index (χ1v) is 7.43. The minimum atomic E-state index is 0.986. The summed E-state index contributed by atoms with van der Waals surface area (Å²) in [4.78, 5) is 2.47. The van der Waals surface area contributed by atoms with Gasteiger partial charge in [-0.05, 0) is 43.2 Å². The molecule has 0 atom stereocenters. The molecule has 2 aromatic rings. The van der Waals surface area contributed by atoms with Gasteiger partial charge >= 0.3 is 0 Å². The smallest absolute Gasteiger partial charge is 0.117 e. The molecule has 2 rings (SSSR count). The Bertz CT molecular complexity index is 481. The van der Waals surface area contributed by atoms with Crippen molar-refractivity contribution in [3.8, 4) is 0 Å². The Morgan fingerprint density at radius 3 is 2.83 bits per heavy atom. The van der Waals surface area contributed by atoms with E-state index < -0.39 is 0 Å². The fourth-order valence-electron chi connectivity index (χ4n) is 2.09. The Hall–Kier alpha value is -1.13. The van der Waals surface area contributed by atoms with Gasteiger partial charge in [0.25, 0.3) is 0 Å². The largest absolute Gasteiger partial charge is 0.374 e. The van der Waals surface area contributed by atoms with Crippen LogP contribution < -0.4 is 5.32 Å². The van der Waals surface area contributed by atoms with Gasteiger partial charge in [-0.15, -0.1) is 0 Å². The van der Waals surface area contributed by atoms with Crippen molar-refractivity contribution in [3.63, 3.8) is 0 Å². The second kappa shape index (κ2) is 6.71. The summed E-state index contributed by atoms with van der Waals surface area (Å²) in [5.74, 6) is 0. The number of benzene rings is 1. The van der Waals surface area contributed by atoms with Crippen LogP contribution in [-0.4, -0.2) is 35.5 Å². The van der Waals surface area contributed by atoms with Crippen molar-refractivity contribution in [2.45, 2.75) is 20.3 Å². The van der Waals surface area contributed by atoms with E-state index in [1.54, 1.807) is 11.5 Å². The van der Waals surface area contributed by atoms with E-state index in [1.165, 1.54) is 23.4 Å². The predicted molar refractivity (Wildman–Crippen MR) is 80.5 cm³/mol. The monoisotopic (exact) mass is 263 g/mol. The molecule has 1 aromatic carbocycles. The average Bonchev–Trinajstić information content (AvgIpc) is 2.81. The third-order valence-electron chi connectivity index (χ3n) is 3.08. The molecule has 0 fully saturated rings. The zero-order valence-corrected chi connectivity index (χ0v) is 12.0. The normalized spacial score (nSPS) is 11.3. The summed E-state index contributed by atoms with van der Waals surface area (Å²) >= 11 is 1.56. The van der Waals surface area contributed by atoms with Gasteiger partial charge in [-0.1, -0.05) is 26.0 Å². The first-order chi connectivity index (χ1) is 8.85. The molecule has 4 heteroatoms. The molecular weight excluding hydrogens is 242 g/mol. The van der Waals surface area contributed by atoms with Crippen LogP contribution in [0.5, 0.6) is 0 Å². The molecule has 1 N–H and O–H groups in total. The van der Waals surface area contributed by atoms with Crippen LogP contribution >= 0.6 is 11.5 Å². The molecule has 0 spiro atoms. The molecule has 0 aliphatic rings. The molecule has 0 aliphatic carbocycles. The molecule has 0 saturated heterocycles. The Kier molecular flexibility index (Phi) is 4.96. The SMILES string of the molecule is CCCN(CC)CCNc1snc2ccccc12. The van der Waals surface area contributed by atoms with Crippen LogP contribution in [0.25, 0.3) is 10.9 Å². The third-order valence-corrected chi connectivity index (χ3v) is 3.92. The van der Waals surface area contributed by atoms with Crippen molar-refractivity contribution in [3.05, 3.63) is 24.3 Å². The fraction of sp³-hybridized carbons (Fsp3) is 0.500. The number of rotatable bonds is 7. The number of nitrogens with zero attached hydrogens (tertiary/aromatic N) is 2. The highest BCUT2D eigenvalue weighted by molar-refractivity contribution is 7.11. The maximum Gasteiger partial charge on any atom is 0.117 e. The van der Waals surface area contributed by atoms with Crippen LogP contribution in [0.15, 0.2) is 24.3 Å². The number of fused-ring (bicyclic) bond motifs is 1. The first-order valence-electron chi connectivity index (χ1n) is 6.65. The maximum absolute atomic E-state index is 4.44. The molecule has 98 valence electrons. The Labute approximate surface area is 113 Å². The minimum absolute atomic E-state index is 0.986. The molecule has 3 nitrogen and oxygen atoms in total. The number of nitrogens with one attached hydrogen (secondary N) is 1. The van der Waals surface area contributed by atoms with Gasteiger partial charge in [0.2, 0.25) is 0 Å². The van der Waals surface area contributed by atoms with Gasteiger partial charge in [-0.25, -0.2) is 0 Å². The highest BCUT2D eigenvalue weighted by Gasteiger charge is 2.05. The quantitative estimate of drug-likeness (QED) is 0.829. The number of hydrogen-bond donors (Lipinski definition) is 1. The lowest BCUT2D eigenvalue weighted by atomic mass is 10.2. The van der Waals surface area contributed by atoms with Gasteiger partial charge in [0.15, 0.2) is 0 Å². The number of anilines is 1. The van der Waals surface area contributed by atoms with E-state index in [0.717, 1.165) is 25.2 Å². The van der Waals surface area contributed by atoms with Gasteiger partial charge in [0.1, 0.15) is 5.00 Å². The number of likely N-dealkylation sites (N-methyl/N-ethyl adjacent to an activating group) is 1. The van der Waals surface area contributed by atoms with E-state index in [0.29, 0.717) is 0 Å². The standard InChI is InChI=1S/C14H21N3S/c1-3-10-17(4-2)11-9-15-14-12-7-5-6-8-13(12)16-18-14/h5-8,15H,3-4,9-11H2,1-2H3. The summed E-state index contributed by atoms with van der Waals surface area (Å²) in [6, 6.07) is 8.29. The van der Waals surface area contributed by atoms with Gasteiger partial charge in [0.05, 0.1) is 5.52 Å². The number of hydrogen-bond acceptors (Lipinski definition) is 4. The van der Waals surface area contributed by atoms with Gasteiger partial charge in [-0.2, -0.15) is 4.37 Å². The lowest BCUT2D eigenvalue weighted by Gasteiger charge is -2.19. The van der Waals surface area contributed by atoms with Crippen molar-refractivity contribution in [1.29, 1.82) is 0 Å². The van der Waals surface area contributed by atoms with E-state index in [4.69, 9.17) is 0 Å². The molecule has 18 heavy (non-hydrogen) atoms. The van der Waals surface area contributed by atoms with Crippen LogP contribution in [0.2, 0.25) is 0 Å². The summed E-state index contributed by atoms with van der Waals surface area (Å²) in [5, 5.41) is 5.94. The minimum Gasteiger partial charge on any atom is -0.374 e. The summed E-state index contributed by atoms with van der Waals surface area (Å²) < 4.78 is 4.44. The Morgan fingerprint density at radius 1 is 1.22 bits per heavy atom. The molecule has 0 bridgehead atoms. The predicted octanol–water partition coefficient (Wildman–Crippen LogP) is 3.44. The maximum atomic E-state index is 4.44. The summed E-state index contributed by atoms with van der Waals surface area (Å²) in [6.45, 7) is 8.84. The van der Waals surface area contributed by atoms with Gasteiger partial charge < -0.3 is 10.2 Å². The summed E-state index contributed by atoms with van der Waals surface area (Å²) in [6.07, 6.45) is 1.22. The molecule has 0 radical (unpaired) electrons. The summed E-state index contributed by atoms with van der Waals surface area (Å²) in [7, 11) is 0. The molecular formula is C14H21N3S. The molecule has 0 amide bonds. The molecule has 0 unspecified atom stereocenters. The summed E-state index contributed by atoms with van der Waals surface area (Å²) in [5.41, 5.74) is 1.09. The zero-order valence-electron chi connectivity index (χ0n) is 11.1. The van der Waals surface area contributed by atoms with E-state index in [1.807, 2.05) is 6.07 Å². The van der Waals surface area contributed by atoms with Crippen LogP contribution in [-0.2, 0) is 0 Å². The zero-order chi connectivity index (χ0) is 12.8. The number of aromatic nitrogens is 1. The van der Waals surface area contributed by atoms with E-state index in [9.17, 15) is 0 Å². The molecule has 1 aromatic heterocycles. The lowest BCUT2D eigenvalue weighted by Crippen LogP contribution is -2.29. The highest BCUT2D eigenvalue weighted by Crippen LogP contribution is 2.26. The Morgan fingerprint density at radius 2 is 2.06 bits per heavy atom. The highest BCUT2D eigenvalue weighted by atomic mass is 32.1. The lowest BCUT2D eigenvalue weighted by molar-refractivity contribution is 0.300.